The summed E-state index contributed by atoms with van der Waals surface area (Å²) in [4.78, 5) is 28.6. The number of nitrogens with zero attached hydrogens (tertiary/aromatic N) is 2. The van der Waals surface area contributed by atoms with Gasteiger partial charge in [0.1, 0.15) is 5.75 Å². The summed E-state index contributed by atoms with van der Waals surface area (Å²) in [5.74, 6) is 0.597. The molecule has 9 heteroatoms. The number of amides is 2. The summed E-state index contributed by atoms with van der Waals surface area (Å²) < 4.78 is 5.45. The molecular weight excluding hydrogens is 473 g/mol. The van der Waals surface area contributed by atoms with Crippen LogP contribution in [0.25, 0.3) is 0 Å². The summed E-state index contributed by atoms with van der Waals surface area (Å²) in [6, 6.07) is 10.2. The highest BCUT2D eigenvalue weighted by Gasteiger charge is 2.23. The van der Waals surface area contributed by atoms with Gasteiger partial charge in [-0.15, -0.1) is 0 Å². The molecule has 6 nitrogen and oxygen atoms in total. The maximum Gasteiger partial charge on any atom is 0.262 e. The Morgan fingerprint density at radius 1 is 1.00 bits per heavy atom. The minimum atomic E-state index is -0.336. The number of rotatable bonds is 7. The lowest BCUT2D eigenvalue weighted by molar-refractivity contribution is -0.132. The average Bonchev–Trinajstić information content (AvgIpc) is 2.73. The largest absolute Gasteiger partial charge is 0.482 e. The van der Waals surface area contributed by atoms with Crippen molar-refractivity contribution in [3.8, 4) is 5.75 Å². The Hall–Kier alpha value is -2.15. The Bertz CT molecular complexity index is 976. The van der Waals surface area contributed by atoms with E-state index in [0.29, 0.717) is 65.0 Å². The number of piperazine rings is 1. The molecule has 0 aromatic heterocycles. The van der Waals surface area contributed by atoms with Crippen molar-refractivity contribution in [3.05, 3.63) is 51.5 Å². The van der Waals surface area contributed by atoms with Gasteiger partial charge in [0.2, 0.25) is 5.91 Å². The maximum absolute atomic E-state index is 12.3. The number of carbonyl (C=O) groups is 2. The zero-order chi connectivity index (χ0) is 23.3. The van der Waals surface area contributed by atoms with Crippen molar-refractivity contribution in [1.82, 2.24) is 4.90 Å². The molecular formula is C23H26Cl3N3O3. The Balaban J connectivity index is 1.52. The number of carbonyl (C=O) groups excluding carboxylic acids is 2. The molecule has 1 aliphatic rings. The van der Waals surface area contributed by atoms with E-state index in [0.717, 1.165) is 5.69 Å². The number of hydrogen-bond acceptors (Lipinski definition) is 4. The van der Waals surface area contributed by atoms with Crippen molar-refractivity contribution in [2.24, 2.45) is 5.92 Å². The first-order valence-corrected chi connectivity index (χ1v) is 11.6. The molecule has 172 valence electrons. The van der Waals surface area contributed by atoms with Crippen LogP contribution in [0.5, 0.6) is 5.75 Å². The van der Waals surface area contributed by atoms with E-state index >= 15 is 0 Å². The van der Waals surface area contributed by atoms with E-state index < -0.39 is 0 Å². The average molecular weight is 499 g/mol. The molecule has 0 radical (unpaired) electrons. The number of ether oxygens (including phenoxy) is 1. The predicted octanol–water partition coefficient (Wildman–Crippen LogP) is 5.36. The van der Waals surface area contributed by atoms with Gasteiger partial charge in [0, 0.05) is 43.3 Å². The molecule has 2 amide bonds. The quantitative estimate of drug-likeness (QED) is 0.558. The first-order valence-electron chi connectivity index (χ1n) is 10.4. The topological polar surface area (TPSA) is 61.9 Å². The fourth-order valence-electron chi connectivity index (χ4n) is 3.45. The van der Waals surface area contributed by atoms with Gasteiger partial charge in [-0.3, -0.25) is 9.59 Å². The summed E-state index contributed by atoms with van der Waals surface area (Å²) in [7, 11) is 0. The number of anilines is 2. The highest BCUT2D eigenvalue weighted by atomic mass is 35.5. The fourth-order valence-corrected chi connectivity index (χ4v) is 4.21. The summed E-state index contributed by atoms with van der Waals surface area (Å²) >= 11 is 18.4. The molecule has 0 spiro atoms. The zero-order valence-corrected chi connectivity index (χ0v) is 20.3. The van der Waals surface area contributed by atoms with Crippen molar-refractivity contribution >= 4 is 58.0 Å². The third-order valence-corrected chi connectivity index (χ3v) is 5.87. The van der Waals surface area contributed by atoms with E-state index in [1.54, 1.807) is 30.3 Å². The van der Waals surface area contributed by atoms with Gasteiger partial charge in [-0.25, -0.2) is 0 Å². The molecule has 0 unspecified atom stereocenters. The predicted molar refractivity (Wildman–Crippen MR) is 130 cm³/mol. The molecule has 0 atom stereocenters. The molecule has 3 rings (SSSR count). The molecule has 2 aromatic carbocycles. The first-order chi connectivity index (χ1) is 15.2. The normalized spacial score (nSPS) is 13.9. The molecule has 1 N–H and O–H groups in total. The monoisotopic (exact) mass is 497 g/mol. The smallest absolute Gasteiger partial charge is 0.262 e. The zero-order valence-electron chi connectivity index (χ0n) is 18.0. The molecule has 32 heavy (non-hydrogen) atoms. The lowest BCUT2D eigenvalue weighted by atomic mass is 10.1. The minimum Gasteiger partial charge on any atom is -0.482 e. The maximum atomic E-state index is 12.3. The van der Waals surface area contributed by atoms with Crippen molar-refractivity contribution in [2.45, 2.75) is 20.3 Å². The van der Waals surface area contributed by atoms with Crippen LogP contribution in [0, 0.1) is 5.92 Å². The van der Waals surface area contributed by atoms with Crippen LogP contribution in [-0.2, 0) is 9.59 Å². The lowest BCUT2D eigenvalue weighted by Crippen LogP contribution is -2.49. The van der Waals surface area contributed by atoms with Crippen LogP contribution < -0.4 is 15.0 Å². The second-order valence-corrected chi connectivity index (χ2v) is 9.29. The van der Waals surface area contributed by atoms with Gasteiger partial charge in [0.05, 0.1) is 15.7 Å². The summed E-state index contributed by atoms with van der Waals surface area (Å²) in [5.41, 5.74) is 1.45. The van der Waals surface area contributed by atoms with Gasteiger partial charge in [0.15, 0.2) is 6.61 Å². The van der Waals surface area contributed by atoms with Gasteiger partial charge < -0.3 is 19.9 Å². The van der Waals surface area contributed by atoms with Gasteiger partial charge >= 0.3 is 0 Å². The molecule has 0 aliphatic carbocycles. The molecule has 1 saturated heterocycles. The highest BCUT2D eigenvalue weighted by Crippen LogP contribution is 2.30. The van der Waals surface area contributed by atoms with Crippen LogP contribution in [0.2, 0.25) is 15.1 Å². The Kier molecular flexibility index (Phi) is 8.51. The van der Waals surface area contributed by atoms with E-state index in [1.165, 1.54) is 0 Å². The Labute approximate surface area is 203 Å². The van der Waals surface area contributed by atoms with Crippen LogP contribution in [0.3, 0.4) is 0 Å². The van der Waals surface area contributed by atoms with Crippen molar-refractivity contribution in [3.63, 3.8) is 0 Å². The van der Waals surface area contributed by atoms with E-state index in [9.17, 15) is 9.59 Å². The first kappa shape index (κ1) is 24.5. The fraction of sp³-hybridized carbons (Fsp3) is 0.391. The second kappa shape index (κ2) is 11.1. The minimum absolute atomic E-state index is 0.200. The Morgan fingerprint density at radius 3 is 2.34 bits per heavy atom. The molecule has 0 bridgehead atoms. The van der Waals surface area contributed by atoms with Crippen molar-refractivity contribution < 1.29 is 14.3 Å². The number of halogens is 3. The summed E-state index contributed by atoms with van der Waals surface area (Å²) in [5, 5.41) is 4.13. The van der Waals surface area contributed by atoms with Crippen molar-refractivity contribution in [2.75, 3.05) is 43.0 Å². The van der Waals surface area contributed by atoms with Gasteiger partial charge in [-0.05, 0) is 42.3 Å². The third-order valence-electron chi connectivity index (χ3n) is 5.04. The summed E-state index contributed by atoms with van der Waals surface area (Å²) in [6.45, 7) is 6.67. The number of benzene rings is 2. The molecule has 2 aromatic rings. The van der Waals surface area contributed by atoms with Crippen LogP contribution >= 0.6 is 34.8 Å². The molecule has 1 heterocycles. The van der Waals surface area contributed by atoms with Crippen LogP contribution in [0.1, 0.15) is 20.3 Å². The Morgan fingerprint density at radius 2 is 1.72 bits per heavy atom. The van der Waals surface area contributed by atoms with E-state index in [-0.39, 0.29) is 18.4 Å². The standard InChI is InChI=1S/C23H26Cl3N3O3/c1-15(2)11-23(31)29-9-7-28(8-10-29)20-5-4-17(13-18(20)25)27-22(30)14-32-21-6-3-16(24)12-19(21)26/h3-6,12-13,15H,7-11,14H2,1-2H3,(H,27,30). The van der Waals surface area contributed by atoms with Gasteiger partial charge in [-0.1, -0.05) is 48.7 Å². The molecule has 1 fully saturated rings. The second-order valence-electron chi connectivity index (χ2n) is 8.04. The van der Waals surface area contributed by atoms with E-state index in [4.69, 9.17) is 39.5 Å². The van der Waals surface area contributed by atoms with Gasteiger partial charge in [0.25, 0.3) is 5.91 Å². The number of hydrogen-bond donors (Lipinski definition) is 1. The van der Waals surface area contributed by atoms with Gasteiger partial charge in [-0.2, -0.15) is 0 Å². The molecule has 1 aliphatic heterocycles. The van der Waals surface area contributed by atoms with Crippen LogP contribution in [0.15, 0.2) is 36.4 Å². The van der Waals surface area contributed by atoms with Crippen molar-refractivity contribution in [1.29, 1.82) is 0 Å². The van der Waals surface area contributed by atoms with E-state index in [1.807, 2.05) is 24.8 Å². The third kappa shape index (κ3) is 6.67. The summed E-state index contributed by atoms with van der Waals surface area (Å²) in [6.07, 6.45) is 0.573. The SMILES string of the molecule is CC(C)CC(=O)N1CCN(c2ccc(NC(=O)COc3ccc(Cl)cc3Cl)cc2Cl)CC1. The lowest BCUT2D eigenvalue weighted by Gasteiger charge is -2.36. The number of nitrogens with one attached hydrogen (secondary N) is 1. The van der Waals surface area contributed by atoms with Crippen LogP contribution in [-0.4, -0.2) is 49.5 Å². The van der Waals surface area contributed by atoms with E-state index in [2.05, 4.69) is 10.2 Å². The highest BCUT2D eigenvalue weighted by molar-refractivity contribution is 6.35. The van der Waals surface area contributed by atoms with Crippen LogP contribution in [0.4, 0.5) is 11.4 Å². The molecule has 0 saturated carbocycles.